The molecule has 108 valence electrons. The van der Waals surface area contributed by atoms with E-state index in [0.717, 1.165) is 6.07 Å². The number of hydrogen-bond donors (Lipinski definition) is 2. The molecule has 0 spiro atoms. The Labute approximate surface area is 116 Å². The highest BCUT2D eigenvalue weighted by Crippen LogP contribution is 2.21. The Bertz CT molecular complexity index is 561. The van der Waals surface area contributed by atoms with Gasteiger partial charge in [0.05, 0.1) is 5.57 Å². The largest absolute Gasteiger partial charge is 0.478 e. The van der Waals surface area contributed by atoms with Gasteiger partial charge in [-0.15, -0.1) is 0 Å². The second-order valence-corrected chi connectivity index (χ2v) is 5.11. The maximum Gasteiger partial charge on any atom is 0.412 e. The summed E-state index contributed by atoms with van der Waals surface area (Å²) in [5.41, 5.74) is -0.989. The van der Waals surface area contributed by atoms with Crippen molar-refractivity contribution in [1.82, 2.24) is 0 Å². The Morgan fingerprint density at radius 1 is 1.35 bits per heavy atom. The smallest absolute Gasteiger partial charge is 0.412 e. The summed E-state index contributed by atoms with van der Waals surface area (Å²) in [6, 6.07) is 3.61. The zero-order valence-corrected chi connectivity index (χ0v) is 11.5. The number of anilines is 1. The number of aliphatic carboxylic acids is 1. The van der Waals surface area contributed by atoms with E-state index in [4.69, 9.17) is 9.84 Å². The molecular formula is C14H16FNO4. The van der Waals surface area contributed by atoms with Gasteiger partial charge in [0.2, 0.25) is 0 Å². The van der Waals surface area contributed by atoms with Crippen LogP contribution in [0.5, 0.6) is 0 Å². The van der Waals surface area contributed by atoms with E-state index in [1.807, 2.05) is 0 Å². The molecule has 0 saturated carbocycles. The van der Waals surface area contributed by atoms with Crippen LogP contribution in [0, 0.1) is 5.82 Å². The molecule has 1 aromatic rings. The molecule has 1 aromatic carbocycles. The maximum absolute atomic E-state index is 13.7. The molecule has 6 heteroatoms. The van der Waals surface area contributed by atoms with Crippen LogP contribution in [0.15, 0.2) is 24.8 Å². The van der Waals surface area contributed by atoms with Crippen molar-refractivity contribution in [1.29, 1.82) is 0 Å². The third-order valence-electron chi connectivity index (χ3n) is 2.20. The number of amides is 1. The number of nitrogens with one attached hydrogen (secondary N) is 1. The highest BCUT2D eigenvalue weighted by Gasteiger charge is 2.17. The SMILES string of the molecule is C=C(C(=O)O)c1ccc(NC(=O)OC(C)(C)C)cc1F. The lowest BCUT2D eigenvalue weighted by Gasteiger charge is -2.19. The van der Waals surface area contributed by atoms with Crippen LogP contribution in [0.4, 0.5) is 14.9 Å². The van der Waals surface area contributed by atoms with Crippen molar-refractivity contribution in [2.75, 3.05) is 5.32 Å². The lowest BCUT2D eigenvalue weighted by atomic mass is 10.1. The average Bonchev–Trinajstić information content (AvgIpc) is 2.25. The lowest BCUT2D eigenvalue weighted by Crippen LogP contribution is -2.27. The van der Waals surface area contributed by atoms with Crippen molar-refractivity contribution in [3.63, 3.8) is 0 Å². The zero-order chi connectivity index (χ0) is 15.5. The van der Waals surface area contributed by atoms with Crippen molar-refractivity contribution < 1.29 is 23.8 Å². The van der Waals surface area contributed by atoms with Crippen LogP contribution in [-0.4, -0.2) is 22.8 Å². The Hall–Kier alpha value is -2.37. The summed E-state index contributed by atoms with van der Waals surface area (Å²) in [5, 5.41) is 11.1. The Morgan fingerprint density at radius 2 is 1.95 bits per heavy atom. The Kier molecular flexibility index (Phi) is 4.49. The summed E-state index contributed by atoms with van der Waals surface area (Å²) < 4.78 is 18.7. The fourth-order valence-electron chi connectivity index (χ4n) is 1.37. The number of carboxylic acids is 1. The predicted molar refractivity (Wildman–Crippen MR) is 72.9 cm³/mol. The van der Waals surface area contributed by atoms with Crippen LogP contribution in [0.1, 0.15) is 26.3 Å². The van der Waals surface area contributed by atoms with Crippen molar-refractivity contribution in [3.8, 4) is 0 Å². The highest BCUT2D eigenvalue weighted by molar-refractivity contribution is 6.14. The molecule has 0 bridgehead atoms. The summed E-state index contributed by atoms with van der Waals surface area (Å²) in [4.78, 5) is 22.2. The predicted octanol–water partition coefficient (Wildman–Crippen LogP) is 3.27. The average molecular weight is 281 g/mol. The van der Waals surface area contributed by atoms with Crippen molar-refractivity contribution in [2.45, 2.75) is 26.4 Å². The van der Waals surface area contributed by atoms with E-state index in [1.54, 1.807) is 20.8 Å². The van der Waals surface area contributed by atoms with Crippen molar-refractivity contribution in [2.24, 2.45) is 0 Å². The van der Waals surface area contributed by atoms with Gasteiger partial charge in [-0.3, -0.25) is 5.32 Å². The first-order valence-corrected chi connectivity index (χ1v) is 5.82. The van der Waals surface area contributed by atoms with E-state index in [1.165, 1.54) is 12.1 Å². The van der Waals surface area contributed by atoms with E-state index in [0.29, 0.717) is 0 Å². The number of carbonyl (C=O) groups is 2. The maximum atomic E-state index is 13.7. The van der Waals surface area contributed by atoms with E-state index in [9.17, 15) is 14.0 Å². The molecule has 1 amide bonds. The summed E-state index contributed by atoms with van der Waals surface area (Å²) in [6.45, 7) is 8.38. The third-order valence-corrected chi connectivity index (χ3v) is 2.20. The van der Waals surface area contributed by atoms with Crippen LogP contribution in [-0.2, 0) is 9.53 Å². The normalized spacial score (nSPS) is 10.8. The van der Waals surface area contributed by atoms with Gasteiger partial charge in [-0.25, -0.2) is 14.0 Å². The summed E-state index contributed by atoms with van der Waals surface area (Å²) in [7, 11) is 0. The van der Waals surface area contributed by atoms with Crippen LogP contribution >= 0.6 is 0 Å². The molecule has 0 unspecified atom stereocenters. The summed E-state index contributed by atoms with van der Waals surface area (Å²) >= 11 is 0. The van der Waals surface area contributed by atoms with Gasteiger partial charge in [-0.05, 0) is 39.0 Å². The number of rotatable bonds is 3. The molecule has 0 fully saturated rings. The van der Waals surface area contributed by atoms with Gasteiger partial charge >= 0.3 is 12.1 Å². The Balaban J connectivity index is 2.86. The second-order valence-electron chi connectivity index (χ2n) is 5.11. The van der Waals surface area contributed by atoms with E-state index in [2.05, 4.69) is 11.9 Å². The highest BCUT2D eigenvalue weighted by atomic mass is 19.1. The number of carboxylic acid groups (broad SMARTS) is 1. The number of carbonyl (C=O) groups excluding carboxylic acids is 1. The number of halogens is 1. The fourth-order valence-corrected chi connectivity index (χ4v) is 1.37. The van der Waals surface area contributed by atoms with Gasteiger partial charge in [0.25, 0.3) is 0 Å². The van der Waals surface area contributed by atoms with Gasteiger partial charge < -0.3 is 9.84 Å². The van der Waals surface area contributed by atoms with Crippen LogP contribution in [0.2, 0.25) is 0 Å². The van der Waals surface area contributed by atoms with E-state index in [-0.39, 0.29) is 16.8 Å². The fraction of sp³-hybridized carbons (Fsp3) is 0.286. The first-order chi connectivity index (χ1) is 9.10. The lowest BCUT2D eigenvalue weighted by molar-refractivity contribution is -0.130. The number of benzene rings is 1. The van der Waals surface area contributed by atoms with Gasteiger partial charge in [0.15, 0.2) is 0 Å². The number of hydrogen-bond acceptors (Lipinski definition) is 3. The van der Waals surface area contributed by atoms with Gasteiger partial charge in [-0.1, -0.05) is 6.58 Å². The number of ether oxygens (including phenoxy) is 1. The van der Waals surface area contributed by atoms with Gasteiger partial charge in [-0.2, -0.15) is 0 Å². The minimum atomic E-state index is -1.31. The van der Waals surface area contributed by atoms with Gasteiger partial charge in [0.1, 0.15) is 11.4 Å². The van der Waals surface area contributed by atoms with E-state index >= 15 is 0 Å². The summed E-state index contributed by atoms with van der Waals surface area (Å²) in [5.74, 6) is -2.09. The molecule has 0 aliphatic carbocycles. The first kappa shape index (κ1) is 15.7. The minimum Gasteiger partial charge on any atom is -0.478 e. The summed E-state index contributed by atoms with van der Waals surface area (Å²) in [6.07, 6.45) is -0.721. The van der Waals surface area contributed by atoms with E-state index < -0.39 is 23.5 Å². The molecule has 5 nitrogen and oxygen atoms in total. The standard InChI is InChI=1S/C14H16FNO4/c1-8(12(17)18)10-6-5-9(7-11(10)15)16-13(19)20-14(2,3)4/h5-7H,1H2,2-4H3,(H,16,19)(H,17,18). The molecule has 0 atom stereocenters. The molecule has 2 N–H and O–H groups in total. The van der Waals surface area contributed by atoms with Gasteiger partial charge in [0, 0.05) is 11.3 Å². The monoisotopic (exact) mass is 281 g/mol. The Morgan fingerprint density at radius 3 is 2.40 bits per heavy atom. The van der Waals surface area contributed by atoms with Crippen LogP contribution in [0.25, 0.3) is 5.57 Å². The van der Waals surface area contributed by atoms with Crippen molar-refractivity contribution in [3.05, 3.63) is 36.2 Å². The third kappa shape index (κ3) is 4.38. The minimum absolute atomic E-state index is 0.132. The zero-order valence-electron chi connectivity index (χ0n) is 11.5. The molecule has 0 saturated heterocycles. The molecule has 0 aliphatic rings. The van der Waals surface area contributed by atoms with Crippen LogP contribution < -0.4 is 5.32 Å². The molecular weight excluding hydrogens is 265 g/mol. The molecule has 0 heterocycles. The molecule has 0 aliphatic heterocycles. The quantitative estimate of drug-likeness (QED) is 0.834. The first-order valence-electron chi connectivity index (χ1n) is 5.82. The second kappa shape index (κ2) is 5.73. The van der Waals surface area contributed by atoms with Crippen LogP contribution in [0.3, 0.4) is 0 Å². The molecule has 1 rings (SSSR count). The topological polar surface area (TPSA) is 75.6 Å². The molecule has 0 aromatic heterocycles. The molecule has 20 heavy (non-hydrogen) atoms. The van der Waals surface area contributed by atoms with Crippen molar-refractivity contribution >= 4 is 23.3 Å². The molecule has 0 radical (unpaired) electrons.